The number of rotatable bonds is 5. The molecule has 0 spiro atoms. The number of hydrogen-bond donors (Lipinski definition) is 1. The molecule has 0 saturated heterocycles. The third-order valence-corrected chi connectivity index (χ3v) is 5.45. The molecule has 0 saturated carbocycles. The summed E-state index contributed by atoms with van der Waals surface area (Å²) in [6.45, 7) is 0.187. The van der Waals surface area contributed by atoms with E-state index in [0.717, 1.165) is 6.07 Å². The molecule has 4 heterocycles. The number of nitriles is 1. The zero-order chi connectivity index (χ0) is 24.5. The highest BCUT2D eigenvalue weighted by molar-refractivity contribution is 5.62. The molecule has 1 aromatic carbocycles. The first kappa shape index (κ1) is 22.0. The fraction of sp³-hybridized carbons (Fsp3) is 0.174. The van der Waals surface area contributed by atoms with E-state index >= 15 is 0 Å². The van der Waals surface area contributed by atoms with Crippen molar-refractivity contribution in [3.8, 4) is 23.4 Å². The molecule has 5 rings (SSSR count). The highest BCUT2D eigenvalue weighted by Gasteiger charge is 2.29. The van der Waals surface area contributed by atoms with Crippen LogP contribution in [-0.2, 0) is 0 Å². The van der Waals surface area contributed by atoms with Crippen molar-refractivity contribution >= 4 is 17.5 Å². The summed E-state index contributed by atoms with van der Waals surface area (Å²) in [5, 5.41) is 12.1. The summed E-state index contributed by atoms with van der Waals surface area (Å²) in [6, 6.07) is 6.61. The second-order valence-corrected chi connectivity index (χ2v) is 7.67. The summed E-state index contributed by atoms with van der Waals surface area (Å²) < 4.78 is 40.3. The Labute approximate surface area is 198 Å². The number of nitrogens with zero attached hydrogens (tertiary/aromatic N) is 7. The Hall–Kier alpha value is -4.79. The van der Waals surface area contributed by atoms with Crippen molar-refractivity contribution in [2.75, 3.05) is 31.0 Å². The lowest BCUT2D eigenvalue weighted by Gasteiger charge is -2.35. The number of likely N-dealkylation sites (N-methyl/N-ethyl adjacent to an activating group) is 1. The number of hydrogen-bond acceptors (Lipinski definition) is 9. The lowest BCUT2D eigenvalue weighted by Crippen LogP contribution is -2.34. The molecule has 1 atom stereocenters. The molecule has 0 fully saturated rings. The van der Waals surface area contributed by atoms with Gasteiger partial charge in [-0.15, -0.1) is 0 Å². The third-order valence-electron chi connectivity index (χ3n) is 5.45. The third kappa shape index (κ3) is 4.26. The van der Waals surface area contributed by atoms with E-state index < -0.39 is 17.7 Å². The summed E-state index contributed by atoms with van der Waals surface area (Å²) >= 11 is 0. The van der Waals surface area contributed by atoms with Crippen LogP contribution in [0.1, 0.15) is 17.3 Å². The average Bonchev–Trinajstić information content (AvgIpc) is 3.33. The van der Waals surface area contributed by atoms with E-state index in [1.807, 2.05) is 6.07 Å². The number of methoxy groups -OCH3 is 1. The molecule has 3 aromatic heterocycles. The van der Waals surface area contributed by atoms with Gasteiger partial charge in [0.05, 0.1) is 31.2 Å². The van der Waals surface area contributed by atoms with Gasteiger partial charge in [0.2, 0.25) is 5.95 Å². The quantitative estimate of drug-likeness (QED) is 0.462. The van der Waals surface area contributed by atoms with Gasteiger partial charge in [0.25, 0.3) is 0 Å². The molecular weight excluding hydrogens is 458 g/mol. The number of pyridine rings is 1. The molecule has 1 aliphatic rings. The minimum Gasteiger partial charge on any atom is -0.493 e. The number of aromatic nitrogens is 5. The maximum absolute atomic E-state index is 13.8. The SMILES string of the molecule is COc1cc(Nc2ncc3c(n2)N(C)C(c2cc(F)cc(F)c2)CO3)cnc1-n1cnc(C#N)c1. The Morgan fingerprint density at radius 1 is 1.11 bits per heavy atom. The van der Waals surface area contributed by atoms with Crippen molar-refractivity contribution in [1.29, 1.82) is 5.26 Å². The van der Waals surface area contributed by atoms with Crippen LogP contribution in [0.25, 0.3) is 5.82 Å². The Kier molecular flexibility index (Phi) is 5.58. The zero-order valence-electron chi connectivity index (χ0n) is 18.6. The van der Waals surface area contributed by atoms with Crippen molar-refractivity contribution in [2.24, 2.45) is 0 Å². The Morgan fingerprint density at radius 2 is 1.91 bits per heavy atom. The summed E-state index contributed by atoms with van der Waals surface area (Å²) in [5.74, 6) is 0.742. The number of fused-ring (bicyclic) bond motifs is 1. The number of halogens is 2. The van der Waals surface area contributed by atoms with Gasteiger partial charge in [-0.1, -0.05) is 0 Å². The first-order chi connectivity index (χ1) is 16.9. The maximum Gasteiger partial charge on any atom is 0.229 e. The van der Waals surface area contributed by atoms with E-state index in [0.29, 0.717) is 34.4 Å². The van der Waals surface area contributed by atoms with Gasteiger partial charge in [-0.2, -0.15) is 10.2 Å². The van der Waals surface area contributed by atoms with Crippen molar-refractivity contribution in [3.63, 3.8) is 0 Å². The van der Waals surface area contributed by atoms with Crippen LogP contribution in [0.5, 0.6) is 11.5 Å². The van der Waals surface area contributed by atoms with Crippen LogP contribution in [-0.4, -0.2) is 45.3 Å². The summed E-state index contributed by atoms with van der Waals surface area (Å²) in [5.41, 5.74) is 1.24. The van der Waals surface area contributed by atoms with Gasteiger partial charge in [0.15, 0.2) is 28.8 Å². The topological polar surface area (TPSA) is 114 Å². The highest BCUT2D eigenvalue weighted by Crippen LogP contribution is 2.37. The van der Waals surface area contributed by atoms with Crippen LogP contribution in [0.15, 0.2) is 49.2 Å². The van der Waals surface area contributed by atoms with Crippen molar-refractivity contribution < 1.29 is 18.3 Å². The smallest absolute Gasteiger partial charge is 0.229 e. The highest BCUT2D eigenvalue weighted by atomic mass is 19.1. The molecule has 0 amide bonds. The number of benzene rings is 1. The zero-order valence-corrected chi connectivity index (χ0v) is 18.6. The minimum absolute atomic E-state index is 0.187. The minimum atomic E-state index is -0.659. The number of nitrogens with one attached hydrogen (secondary N) is 1. The van der Waals surface area contributed by atoms with Gasteiger partial charge in [0, 0.05) is 25.4 Å². The Bertz CT molecular complexity index is 1430. The maximum atomic E-state index is 13.8. The fourth-order valence-electron chi connectivity index (χ4n) is 3.77. The Morgan fingerprint density at radius 3 is 2.63 bits per heavy atom. The van der Waals surface area contributed by atoms with E-state index in [1.54, 1.807) is 35.0 Å². The molecule has 12 heteroatoms. The van der Waals surface area contributed by atoms with Crippen LogP contribution < -0.4 is 19.7 Å². The molecule has 1 N–H and O–H groups in total. The summed E-state index contributed by atoms with van der Waals surface area (Å²) in [7, 11) is 3.27. The van der Waals surface area contributed by atoms with E-state index in [9.17, 15) is 8.78 Å². The van der Waals surface area contributed by atoms with E-state index in [2.05, 4.69) is 25.3 Å². The number of imidazole rings is 1. The first-order valence-electron chi connectivity index (χ1n) is 10.4. The first-order valence-corrected chi connectivity index (χ1v) is 10.4. The normalized spacial score (nSPS) is 14.6. The molecule has 0 radical (unpaired) electrons. The Balaban J connectivity index is 1.41. The number of anilines is 3. The van der Waals surface area contributed by atoms with E-state index in [4.69, 9.17) is 14.7 Å². The van der Waals surface area contributed by atoms with Crippen molar-refractivity contribution in [2.45, 2.75) is 6.04 Å². The lowest BCUT2D eigenvalue weighted by molar-refractivity contribution is 0.264. The van der Waals surface area contributed by atoms with E-state index in [-0.39, 0.29) is 18.2 Å². The van der Waals surface area contributed by atoms with Crippen LogP contribution in [0.3, 0.4) is 0 Å². The van der Waals surface area contributed by atoms with Crippen LogP contribution in [0.4, 0.5) is 26.2 Å². The molecule has 1 aliphatic heterocycles. The van der Waals surface area contributed by atoms with Gasteiger partial charge < -0.3 is 19.7 Å². The molecule has 4 aromatic rings. The molecular formula is C23H18F2N8O2. The lowest BCUT2D eigenvalue weighted by atomic mass is 10.0. The van der Waals surface area contributed by atoms with Gasteiger partial charge in [0.1, 0.15) is 30.6 Å². The standard InChI is InChI=1S/C23H18F2N8O2/c1-32-18(13-3-14(24)5-15(25)4-13)11-35-20-9-28-23(31-22(20)32)30-16-6-19(34-2)21(27-8-16)33-10-17(7-26)29-12-33/h3-6,8-10,12,18H,11H2,1-2H3,(H,28,30,31). The number of ether oxygens (including phenoxy) is 2. The van der Waals surface area contributed by atoms with Gasteiger partial charge in [-0.3, -0.25) is 4.57 Å². The molecule has 0 bridgehead atoms. The molecule has 176 valence electrons. The van der Waals surface area contributed by atoms with Gasteiger partial charge in [-0.05, 0) is 17.7 Å². The van der Waals surface area contributed by atoms with Gasteiger partial charge in [-0.25, -0.2) is 23.7 Å². The van der Waals surface area contributed by atoms with Crippen molar-refractivity contribution in [1.82, 2.24) is 24.5 Å². The van der Waals surface area contributed by atoms with E-state index in [1.165, 1.54) is 31.8 Å². The second-order valence-electron chi connectivity index (χ2n) is 7.67. The molecule has 0 aliphatic carbocycles. The monoisotopic (exact) mass is 476 g/mol. The largest absolute Gasteiger partial charge is 0.493 e. The van der Waals surface area contributed by atoms with Crippen LogP contribution >= 0.6 is 0 Å². The predicted octanol–water partition coefficient (Wildman–Crippen LogP) is 3.53. The average molecular weight is 476 g/mol. The molecule has 35 heavy (non-hydrogen) atoms. The van der Waals surface area contributed by atoms with Crippen LogP contribution in [0.2, 0.25) is 0 Å². The second kappa shape index (κ2) is 8.86. The van der Waals surface area contributed by atoms with Crippen molar-refractivity contribution in [3.05, 3.63) is 72.1 Å². The predicted molar refractivity (Wildman–Crippen MR) is 121 cm³/mol. The van der Waals surface area contributed by atoms with Gasteiger partial charge >= 0.3 is 0 Å². The summed E-state index contributed by atoms with van der Waals surface area (Å²) in [4.78, 5) is 19.0. The summed E-state index contributed by atoms with van der Waals surface area (Å²) in [6.07, 6.45) is 6.10. The molecule has 1 unspecified atom stereocenters. The van der Waals surface area contributed by atoms with Crippen LogP contribution in [0, 0.1) is 23.0 Å². The molecule has 10 nitrogen and oxygen atoms in total. The fourth-order valence-corrected chi connectivity index (χ4v) is 3.77.